The van der Waals surface area contributed by atoms with Gasteiger partial charge in [0, 0.05) is 42.7 Å². The number of carboxylic acids is 1. The first-order valence-electron chi connectivity index (χ1n) is 12.9. The van der Waals surface area contributed by atoms with Crippen LogP contribution in [0.5, 0.6) is 0 Å². The second-order valence-corrected chi connectivity index (χ2v) is 13.2. The van der Waals surface area contributed by atoms with Crippen LogP contribution in [0.3, 0.4) is 0 Å². The van der Waals surface area contributed by atoms with Gasteiger partial charge >= 0.3 is 5.97 Å². The highest BCUT2D eigenvalue weighted by Crippen LogP contribution is 2.27. The normalized spacial score (nSPS) is 13.8. The Morgan fingerprint density at radius 1 is 1.20 bits per heavy atom. The zero-order valence-corrected chi connectivity index (χ0v) is 26.2. The number of nitrogens with one attached hydrogen (secondary N) is 1. The second-order valence-electron chi connectivity index (χ2n) is 9.21. The third kappa shape index (κ3) is 11.0. The summed E-state index contributed by atoms with van der Waals surface area (Å²) < 4.78 is 28.0. The molecule has 2 unspecified atom stereocenters. The van der Waals surface area contributed by atoms with Gasteiger partial charge in [-0.3, -0.25) is 9.59 Å². The molecule has 0 saturated heterocycles. The minimum Gasteiger partial charge on any atom is -0.481 e. The second kappa shape index (κ2) is 16.9. The molecule has 0 radical (unpaired) electrons. The number of aryl methyl sites for hydroxylation is 1. The molecule has 218 valence electrons. The van der Waals surface area contributed by atoms with E-state index in [4.69, 9.17) is 11.6 Å². The van der Waals surface area contributed by atoms with Gasteiger partial charge in [-0.25, -0.2) is 13.1 Å². The molecule has 0 spiro atoms. The van der Waals surface area contributed by atoms with E-state index in [9.17, 15) is 23.1 Å². The number of aliphatic carboxylic acids is 1. The maximum atomic E-state index is 12.9. The molecule has 2 atom stereocenters. The van der Waals surface area contributed by atoms with Crippen LogP contribution in [0, 0.1) is 5.92 Å². The summed E-state index contributed by atoms with van der Waals surface area (Å²) >= 11 is 11.7. The maximum absolute atomic E-state index is 12.9. The largest absolute Gasteiger partial charge is 0.481 e. The summed E-state index contributed by atoms with van der Waals surface area (Å²) in [6.07, 6.45) is 7.49. The van der Waals surface area contributed by atoms with Crippen LogP contribution in [0.1, 0.15) is 42.9 Å². The molecule has 7 nitrogen and oxygen atoms in total. The number of carbonyl (C=O) groups is 2. The first kappa shape index (κ1) is 34.0. The van der Waals surface area contributed by atoms with Gasteiger partial charge in [-0.2, -0.15) is 11.8 Å². The van der Waals surface area contributed by atoms with Crippen molar-refractivity contribution in [3.8, 4) is 0 Å². The summed E-state index contributed by atoms with van der Waals surface area (Å²) in [5.41, 5.74) is 2.41. The summed E-state index contributed by atoms with van der Waals surface area (Å²) in [7, 11) is -3.98. The topological polar surface area (TPSA) is 104 Å². The van der Waals surface area contributed by atoms with Crippen LogP contribution >= 0.6 is 36.0 Å². The van der Waals surface area contributed by atoms with E-state index in [0.717, 1.165) is 16.9 Å². The number of thioether (sulfide) groups is 1. The third-order valence-electron chi connectivity index (χ3n) is 6.47. The lowest BCUT2D eigenvalue weighted by Gasteiger charge is -2.23. The summed E-state index contributed by atoms with van der Waals surface area (Å²) in [6, 6.07) is 14.4. The molecule has 0 aliphatic rings. The summed E-state index contributed by atoms with van der Waals surface area (Å²) in [5, 5.41) is 10.3. The van der Waals surface area contributed by atoms with E-state index < -0.39 is 27.8 Å². The van der Waals surface area contributed by atoms with Gasteiger partial charge in [-0.05, 0) is 54.5 Å². The number of nitrogens with zero attached hydrogens (tertiary/aromatic N) is 1. The number of benzene rings is 2. The SMILES string of the molecule is CCN(CCSC)C(=O)CCc1cccc(C(CNS(=O)(=O)/C(S)=C/C=C/c2ccc(Cl)cc2)C(C)C(=O)O)c1. The monoisotopic (exact) mass is 624 g/mol. The van der Waals surface area contributed by atoms with Gasteiger partial charge < -0.3 is 10.0 Å². The minimum absolute atomic E-state index is 0.0726. The zero-order valence-electron chi connectivity index (χ0n) is 22.9. The first-order chi connectivity index (χ1) is 19.0. The molecule has 2 N–H and O–H groups in total. The average molecular weight is 625 g/mol. The molecule has 0 aromatic heterocycles. The lowest BCUT2D eigenvalue weighted by atomic mass is 9.86. The molecule has 40 heavy (non-hydrogen) atoms. The van der Waals surface area contributed by atoms with Gasteiger partial charge in [0.05, 0.1) is 5.92 Å². The van der Waals surface area contributed by atoms with E-state index in [1.165, 1.54) is 6.08 Å². The summed E-state index contributed by atoms with van der Waals surface area (Å²) in [6.45, 7) is 4.73. The Labute approximate surface area is 252 Å². The van der Waals surface area contributed by atoms with Crippen LogP contribution in [0.25, 0.3) is 6.08 Å². The van der Waals surface area contributed by atoms with Gasteiger partial charge in [-0.1, -0.05) is 67.1 Å². The lowest BCUT2D eigenvalue weighted by Crippen LogP contribution is -2.33. The molecule has 0 heterocycles. The lowest BCUT2D eigenvalue weighted by molar-refractivity contribution is -0.141. The standard InChI is InChI=1S/C29H37ClN2O5S3/c1-4-32(17-18-39-3)27(33)16-13-23-8-5-9-24(19-23)26(21(2)29(34)35)20-31-40(36,37)28(38)10-6-7-22-11-14-25(30)15-12-22/h5-12,14-15,19,21,26,31,38H,4,13,16-18,20H2,1-3H3,(H,34,35)/b7-6+,28-10+. The number of hydrogen-bond donors (Lipinski definition) is 3. The van der Waals surface area contributed by atoms with Crippen LogP contribution in [0.15, 0.2) is 64.9 Å². The highest BCUT2D eigenvalue weighted by molar-refractivity contribution is 8.09. The van der Waals surface area contributed by atoms with Gasteiger partial charge in [0.1, 0.15) is 4.24 Å². The summed E-state index contributed by atoms with van der Waals surface area (Å²) in [5.74, 6) is -1.59. The molecule has 0 saturated carbocycles. The number of carbonyl (C=O) groups excluding carboxylic acids is 1. The quantitative estimate of drug-likeness (QED) is 0.164. The zero-order chi connectivity index (χ0) is 29.7. The van der Waals surface area contributed by atoms with Crippen LogP contribution in [-0.2, 0) is 26.0 Å². The van der Waals surface area contributed by atoms with E-state index >= 15 is 0 Å². The van der Waals surface area contributed by atoms with Crippen LogP contribution in [0.2, 0.25) is 5.02 Å². The predicted molar refractivity (Wildman–Crippen MR) is 169 cm³/mol. The Balaban J connectivity index is 2.14. The molecule has 0 fully saturated rings. The fourth-order valence-corrected chi connectivity index (χ4v) is 5.60. The maximum Gasteiger partial charge on any atom is 0.306 e. The van der Waals surface area contributed by atoms with Crippen molar-refractivity contribution in [3.63, 3.8) is 0 Å². The van der Waals surface area contributed by atoms with Crippen LogP contribution in [0.4, 0.5) is 0 Å². The van der Waals surface area contributed by atoms with Crippen molar-refractivity contribution in [2.45, 2.75) is 32.6 Å². The Morgan fingerprint density at radius 3 is 2.52 bits per heavy atom. The van der Waals surface area contributed by atoms with Crippen LogP contribution in [-0.4, -0.2) is 61.9 Å². The number of carboxylic acid groups (broad SMARTS) is 1. The van der Waals surface area contributed by atoms with Crippen molar-refractivity contribution in [2.75, 3.05) is 31.6 Å². The van der Waals surface area contributed by atoms with Gasteiger partial charge in [-0.15, -0.1) is 12.6 Å². The molecular formula is C29H37ClN2O5S3. The predicted octanol–water partition coefficient (Wildman–Crippen LogP) is 5.69. The van der Waals surface area contributed by atoms with Crippen molar-refractivity contribution >= 4 is 64.0 Å². The minimum atomic E-state index is -3.98. The van der Waals surface area contributed by atoms with Crippen LogP contribution < -0.4 is 4.72 Å². The summed E-state index contributed by atoms with van der Waals surface area (Å²) in [4.78, 5) is 26.4. The van der Waals surface area contributed by atoms with Crippen molar-refractivity contribution in [2.24, 2.45) is 5.92 Å². The van der Waals surface area contributed by atoms with Crippen molar-refractivity contribution in [1.29, 1.82) is 0 Å². The number of thiol groups is 1. The smallest absolute Gasteiger partial charge is 0.306 e. The fraction of sp³-hybridized carbons (Fsp3) is 0.379. The Hall–Kier alpha value is -2.24. The van der Waals surface area contributed by atoms with E-state index in [2.05, 4.69) is 17.4 Å². The first-order valence-corrected chi connectivity index (χ1v) is 16.6. The van der Waals surface area contributed by atoms with Crippen molar-refractivity contribution < 1.29 is 23.1 Å². The molecule has 2 aromatic carbocycles. The average Bonchev–Trinajstić information content (AvgIpc) is 2.93. The Morgan fingerprint density at radius 2 is 1.90 bits per heavy atom. The van der Waals surface area contributed by atoms with Gasteiger partial charge in [0.25, 0.3) is 0 Å². The third-order valence-corrected chi connectivity index (χ3v) is 9.41. The molecule has 2 aromatic rings. The fourth-order valence-electron chi connectivity index (χ4n) is 3.98. The molecule has 1 amide bonds. The Kier molecular flexibility index (Phi) is 14.3. The molecule has 0 bridgehead atoms. The van der Waals surface area contributed by atoms with E-state index in [0.29, 0.717) is 36.5 Å². The van der Waals surface area contributed by atoms with Crippen molar-refractivity contribution in [3.05, 3.63) is 86.6 Å². The van der Waals surface area contributed by atoms with E-state index in [1.54, 1.807) is 61.2 Å². The molecular weight excluding hydrogens is 588 g/mol. The number of halogens is 1. The number of rotatable bonds is 16. The van der Waals surface area contributed by atoms with Gasteiger partial charge in [0.2, 0.25) is 15.9 Å². The number of sulfonamides is 1. The van der Waals surface area contributed by atoms with Gasteiger partial charge in [0.15, 0.2) is 0 Å². The number of hydrogen-bond acceptors (Lipinski definition) is 6. The number of allylic oxidation sites excluding steroid dienone is 2. The molecule has 0 aliphatic carbocycles. The molecule has 2 rings (SSSR count). The highest BCUT2D eigenvalue weighted by Gasteiger charge is 2.27. The van der Waals surface area contributed by atoms with E-state index in [1.807, 2.05) is 36.3 Å². The van der Waals surface area contributed by atoms with E-state index in [-0.39, 0.29) is 16.7 Å². The van der Waals surface area contributed by atoms with Crippen molar-refractivity contribution in [1.82, 2.24) is 9.62 Å². The molecule has 0 aliphatic heterocycles. The molecule has 11 heteroatoms. The highest BCUT2D eigenvalue weighted by atomic mass is 35.5. The Bertz CT molecular complexity index is 1300. The number of amides is 1.